The van der Waals surface area contributed by atoms with Gasteiger partial charge >= 0.3 is 12.1 Å². The Kier molecular flexibility index (Phi) is 17.0. The van der Waals surface area contributed by atoms with Gasteiger partial charge in [-0.2, -0.15) is 0 Å². The zero-order chi connectivity index (χ0) is 37.5. The maximum atomic E-state index is 14.7. The lowest BCUT2D eigenvalue weighted by Gasteiger charge is -2.36. The number of benzene rings is 2. The molecule has 3 atom stereocenters. The average molecular weight is 694 g/mol. The molecule has 3 amide bonds. The fourth-order valence-corrected chi connectivity index (χ4v) is 5.75. The summed E-state index contributed by atoms with van der Waals surface area (Å²) < 4.78 is 11.3. The topological polar surface area (TPSA) is 114 Å². The number of rotatable bonds is 18. The minimum absolute atomic E-state index is 0.0587. The summed E-state index contributed by atoms with van der Waals surface area (Å²) in [7, 11) is 0. The first-order valence-corrected chi connectivity index (χ1v) is 18.3. The molecule has 9 nitrogen and oxygen atoms in total. The van der Waals surface area contributed by atoms with E-state index in [1.54, 1.807) is 46.4 Å². The van der Waals surface area contributed by atoms with Crippen molar-refractivity contribution in [3.05, 3.63) is 71.3 Å². The number of amides is 3. The van der Waals surface area contributed by atoms with Crippen LogP contribution in [0.2, 0.25) is 0 Å². The molecule has 0 saturated carbocycles. The zero-order valence-electron chi connectivity index (χ0n) is 32.3. The highest BCUT2D eigenvalue weighted by atomic mass is 16.6. The van der Waals surface area contributed by atoms with Crippen LogP contribution in [-0.2, 0) is 30.3 Å². The molecule has 2 aromatic rings. The number of esters is 1. The Bertz CT molecular complexity index is 1360. The lowest BCUT2D eigenvalue weighted by molar-refractivity contribution is -0.159. The Hall–Kier alpha value is -3.88. The van der Waals surface area contributed by atoms with Crippen molar-refractivity contribution in [2.75, 3.05) is 6.54 Å². The van der Waals surface area contributed by atoms with Gasteiger partial charge in [0.05, 0.1) is 0 Å². The zero-order valence-corrected chi connectivity index (χ0v) is 32.3. The second kappa shape index (κ2) is 20.1. The summed E-state index contributed by atoms with van der Waals surface area (Å²) in [6, 6.07) is 14.0. The molecule has 0 saturated heterocycles. The maximum Gasteiger partial charge on any atom is 0.408 e. The summed E-state index contributed by atoms with van der Waals surface area (Å²) >= 11 is 0. The van der Waals surface area contributed by atoms with Crippen LogP contribution in [0.4, 0.5) is 4.79 Å². The number of unbranched alkanes of at least 4 members (excludes halogenated alkanes) is 5. The molecule has 0 bridgehead atoms. The van der Waals surface area contributed by atoms with Crippen LogP contribution in [0.25, 0.3) is 0 Å². The van der Waals surface area contributed by atoms with Crippen molar-refractivity contribution in [3.63, 3.8) is 0 Å². The lowest BCUT2D eigenvalue weighted by Crippen LogP contribution is -2.55. The van der Waals surface area contributed by atoms with E-state index in [2.05, 4.69) is 17.6 Å². The molecule has 0 fully saturated rings. The first-order valence-electron chi connectivity index (χ1n) is 18.3. The summed E-state index contributed by atoms with van der Waals surface area (Å²) in [5.74, 6) is -1.38. The Labute approximate surface area is 301 Å². The van der Waals surface area contributed by atoms with Crippen molar-refractivity contribution >= 4 is 23.9 Å². The van der Waals surface area contributed by atoms with Gasteiger partial charge in [-0.25, -0.2) is 9.59 Å². The number of aryl methyl sites for hydroxylation is 1. The van der Waals surface area contributed by atoms with Crippen LogP contribution in [0, 0.1) is 12.8 Å². The van der Waals surface area contributed by atoms with Crippen LogP contribution >= 0.6 is 0 Å². The van der Waals surface area contributed by atoms with E-state index in [1.807, 2.05) is 75.4 Å². The van der Waals surface area contributed by atoms with E-state index >= 15 is 0 Å². The minimum atomic E-state index is -1.08. The van der Waals surface area contributed by atoms with E-state index < -0.39 is 47.3 Å². The number of carbonyl (C=O) groups excluding carboxylic acids is 4. The molecule has 0 aliphatic carbocycles. The van der Waals surface area contributed by atoms with E-state index in [1.165, 1.54) is 0 Å². The van der Waals surface area contributed by atoms with Gasteiger partial charge in [0.1, 0.15) is 29.3 Å². The third kappa shape index (κ3) is 15.8. The first kappa shape index (κ1) is 42.3. The summed E-state index contributed by atoms with van der Waals surface area (Å²) in [5.41, 5.74) is 0.863. The van der Waals surface area contributed by atoms with Crippen molar-refractivity contribution in [2.45, 2.75) is 150 Å². The minimum Gasteiger partial charge on any atom is -0.458 e. The van der Waals surface area contributed by atoms with Crippen molar-refractivity contribution in [2.24, 2.45) is 5.92 Å². The second-order valence-corrected chi connectivity index (χ2v) is 15.7. The normalized spacial score (nSPS) is 13.6. The van der Waals surface area contributed by atoms with Crippen LogP contribution < -0.4 is 10.6 Å². The Morgan fingerprint density at radius 2 is 1.38 bits per heavy atom. The number of carbonyl (C=O) groups is 4. The molecule has 0 spiro atoms. The van der Waals surface area contributed by atoms with Crippen molar-refractivity contribution in [3.8, 4) is 0 Å². The molecule has 9 heteroatoms. The Balaban J connectivity index is 2.62. The molecule has 0 radical (unpaired) electrons. The molecule has 2 N–H and O–H groups in total. The first-order chi connectivity index (χ1) is 23.4. The van der Waals surface area contributed by atoms with Gasteiger partial charge in [-0.15, -0.1) is 0 Å². The smallest absolute Gasteiger partial charge is 0.408 e. The average Bonchev–Trinajstić information content (AvgIpc) is 2.99. The van der Waals surface area contributed by atoms with Gasteiger partial charge in [-0.1, -0.05) is 113 Å². The summed E-state index contributed by atoms with van der Waals surface area (Å²) in [6.07, 6.45) is 5.79. The Morgan fingerprint density at radius 3 is 1.96 bits per heavy atom. The van der Waals surface area contributed by atoms with Crippen molar-refractivity contribution in [1.82, 2.24) is 15.5 Å². The van der Waals surface area contributed by atoms with E-state index in [0.29, 0.717) is 18.4 Å². The quantitative estimate of drug-likeness (QED) is 0.120. The van der Waals surface area contributed by atoms with Gasteiger partial charge in [0.15, 0.2) is 0 Å². The standard InChI is InChI=1S/C41H63N3O6/c1-11-12-13-14-15-19-25-44(37(46)33(26-29(2)3)43-39(48)50-41(8,9)10)35(32-24-20-21-30(4)27-32)36(45)42-34(38(47)49-40(5,6)7)28-31-22-17-16-18-23-31/h16-18,20-24,27,29,33-35H,11-15,19,25-26,28H2,1-10H3,(H,42,45)(H,43,48). The maximum absolute atomic E-state index is 14.7. The largest absolute Gasteiger partial charge is 0.458 e. The fourth-order valence-electron chi connectivity index (χ4n) is 5.75. The molecule has 2 rings (SSSR count). The molecule has 0 aliphatic heterocycles. The molecule has 2 aromatic carbocycles. The molecule has 0 aromatic heterocycles. The third-order valence-electron chi connectivity index (χ3n) is 7.94. The van der Waals surface area contributed by atoms with Gasteiger partial charge in [0.2, 0.25) is 11.8 Å². The van der Waals surface area contributed by atoms with Gasteiger partial charge in [0, 0.05) is 13.0 Å². The number of alkyl carbamates (subject to hydrolysis) is 1. The number of hydrogen-bond acceptors (Lipinski definition) is 6. The number of nitrogens with one attached hydrogen (secondary N) is 2. The SMILES string of the molecule is CCCCCCCCN(C(=O)C(CC(C)C)NC(=O)OC(C)(C)C)C(C(=O)NC(Cc1ccccc1)C(=O)OC(C)(C)C)c1cccc(C)c1. The van der Waals surface area contributed by atoms with Gasteiger partial charge in [-0.05, 0) is 78.4 Å². The molecule has 0 aliphatic rings. The number of hydrogen-bond donors (Lipinski definition) is 2. The predicted molar refractivity (Wildman–Crippen MR) is 200 cm³/mol. The van der Waals surface area contributed by atoms with Crippen LogP contribution in [-0.4, -0.2) is 58.6 Å². The van der Waals surface area contributed by atoms with Gasteiger partial charge < -0.3 is 25.0 Å². The molecule has 0 heterocycles. The van der Waals surface area contributed by atoms with Crippen LogP contribution in [0.1, 0.15) is 130 Å². The van der Waals surface area contributed by atoms with E-state index in [0.717, 1.165) is 43.2 Å². The molecule has 278 valence electrons. The number of ether oxygens (including phenoxy) is 2. The third-order valence-corrected chi connectivity index (χ3v) is 7.94. The highest BCUT2D eigenvalue weighted by molar-refractivity contribution is 5.94. The van der Waals surface area contributed by atoms with Gasteiger partial charge in [0.25, 0.3) is 0 Å². The van der Waals surface area contributed by atoms with Crippen molar-refractivity contribution in [1.29, 1.82) is 0 Å². The van der Waals surface area contributed by atoms with Crippen LogP contribution in [0.5, 0.6) is 0 Å². The summed E-state index contributed by atoms with van der Waals surface area (Å²) in [4.78, 5) is 57.6. The van der Waals surface area contributed by atoms with E-state index in [9.17, 15) is 19.2 Å². The highest BCUT2D eigenvalue weighted by Gasteiger charge is 2.38. The number of nitrogens with zero attached hydrogens (tertiary/aromatic N) is 1. The highest BCUT2D eigenvalue weighted by Crippen LogP contribution is 2.26. The van der Waals surface area contributed by atoms with E-state index in [4.69, 9.17) is 9.47 Å². The van der Waals surface area contributed by atoms with Gasteiger partial charge in [-0.3, -0.25) is 9.59 Å². The molecule has 50 heavy (non-hydrogen) atoms. The fraction of sp³-hybridized carbons (Fsp3) is 0.610. The molecular weight excluding hydrogens is 630 g/mol. The summed E-state index contributed by atoms with van der Waals surface area (Å²) in [5, 5.41) is 5.81. The molecular formula is C41H63N3O6. The predicted octanol–water partition coefficient (Wildman–Crippen LogP) is 8.23. The lowest BCUT2D eigenvalue weighted by atomic mass is 9.97. The monoisotopic (exact) mass is 693 g/mol. The Morgan fingerprint density at radius 1 is 0.760 bits per heavy atom. The molecule has 3 unspecified atom stereocenters. The second-order valence-electron chi connectivity index (χ2n) is 15.7. The van der Waals surface area contributed by atoms with Crippen molar-refractivity contribution < 1.29 is 28.7 Å². The van der Waals surface area contributed by atoms with Crippen LogP contribution in [0.15, 0.2) is 54.6 Å². The summed E-state index contributed by atoms with van der Waals surface area (Å²) in [6.45, 7) is 19.0. The van der Waals surface area contributed by atoms with Crippen LogP contribution in [0.3, 0.4) is 0 Å². The van der Waals surface area contributed by atoms with E-state index in [-0.39, 0.29) is 24.8 Å².